The Morgan fingerprint density at radius 1 is 1.80 bits per heavy atom. The largest absolute Gasteiger partial charge is 0.378 e. The molecular weight excluding hydrogens is 134 g/mol. The van der Waals surface area contributed by atoms with Gasteiger partial charge in [0.25, 0.3) is 0 Å². The first-order valence-electron chi connectivity index (χ1n) is 3.37. The van der Waals surface area contributed by atoms with E-state index in [0.29, 0.717) is 0 Å². The zero-order chi connectivity index (χ0) is 7.40. The average Bonchev–Trinajstić information content (AvgIpc) is 2.40. The van der Waals surface area contributed by atoms with Crippen molar-refractivity contribution >= 4 is 5.91 Å². The molecule has 0 aliphatic carbocycles. The highest BCUT2D eigenvalue weighted by molar-refractivity contribution is 5.75. The number of ether oxygens (including phenoxy) is 1. The van der Waals surface area contributed by atoms with Crippen LogP contribution in [0.3, 0.4) is 0 Å². The molecule has 0 aromatic rings. The van der Waals surface area contributed by atoms with E-state index in [0.717, 1.165) is 19.4 Å². The minimum absolute atomic E-state index is 0.0205. The van der Waals surface area contributed by atoms with E-state index in [2.05, 4.69) is 0 Å². The molecular formula is C6H11NO3. The topological polar surface area (TPSA) is 58.6 Å². The lowest BCUT2D eigenvalue weighted by atomic mass is 10.2. The fourth-order valence-electron chi connectivity index (χ4n) is 1.06. The van der Waals surface area contributed by atoms with Crippen molar-refractivity contribution in [3.05, 3.63) is 0 Å². The SMILES string of the molecule is O=C(CC1CCCO1)NO. The summed E-state index contributed by atoms with van der Waals surface area (Å²) in [5, 5.41) is 8.14. The van der Waals surface area contributed by atoms with Crippen LogP contribution in [0.2, 0.25) is 0 Å². The second-order valence-corrected chi connectivity index (χ2v) is 2.37. The Morgan fingerprint density at radius 2 is 2.60 bits per heavy atom. The van der Waals surface area contributed by atoms with Crippen LogP contribution >= 0.6 is 0 Å². The lowest BCUT2D eigenvalue weighted by Crippen LogP contribution is -2.23. The molecule has 10 heavy (non-hydrogen) atoms. The van der Waals surface area contributed by atoms with Gasteiger partial charge in [0.1, 0.15) is 0 Å². The summed E-state index contributed by atoms with van der Waals surface area (Å²) in [5.74, 6) is -0.369. The Bertz CT molecular complexity index is 120. The molecule has 1 aliphatic rings. The molecule has 0 saturated carbocycles. The monoisotopic (exact) mass is 145 g/mol. The Hall–Kier alpha value is -0.610. The highest BCUT2D eigenvalue weighted by Crippen LogP contribution is 2.14. The summed E-state index contributed by atoms with van der Waals surface area (Å²) in [6, 6.07) is 0. The van der Waals surface area contributed by atoms with E-state index in [1.807, 2.05) is 0 Å². The lowest BCUT2D eigenvalue weighted by Gasteiger charge is -2.05. The number of carbonyl (C=O) groups is 1. The fourth-order valence-corrected chi connectivity index (χ4v) is 1.06. The fraction of sp³-hybridized carbons (Fsp3) is 0.833. The lowest BCUT2D eigenvalue weighted by molar-refractivity contribution is -0.131. The summed E-state index contributed by atoms with van der Waals surface area (Å²) < 4.78 is 5.15. The first-order chi connectivity index (χ1) is 4.83. The van der Waals surface area contributed by atoms with Crippen molar-refractivity contribution in [2.45, 2.75) is 25.4 Å². The Morgan fingerprint density at radius 3 is 3.10 bits per heavy atom. The average molecular weight is 145 g/mol. The summed E-state index contributed by atoms with van der Waals surface area (Å²) >= 11 is 0. The van der Waals surface area contributed by atoms with Crippen LogP contribution in [0.1, 0.15) is 19.3 Å². The van der Waals surface area contributed by atoms with Crippen molar-refractivity contribution in [1.82, 2.24) is 5.48 Å². The number of amides is 1. The van der Waals surface area contributed by atoms with Crippen LogP contribution in [0.25, 0.3) is 0 Å². The minimum Gasteiger partial charge on any atom is -0.378 e. The van der Waals surface area contributed by atoms with Crippen LogP contribution in [-0.2, 0) is 9.53 Å². The van der Waals surface area contributed by atoms with Gasteiger partial charge < -0.3 is 4.74 Å². The van der Waals surface area contributed by atoms with Crippen LogP contribution in [0.15, 0.2) is 0 Å². The molecule has 1 saturated heterocycles. The van der Waals surface area contributed by atoms with E-state index >= 15 is 0 Å². The van der Waals surface area contributed by atoms with E-state index in [9.17, 15) is 4.79 Å². The maximum Gasteiger partial charge on any atom is 0.245 e. The quantitative estimate of drug-likeness (QED) is 0.426. The van der Waals surface area contributed by atoms with Gasteiger partial charge in [0.15, 0.2) is 0 Å². The van der Waals surface area contributed by atoms with Crippen LogP contribution in [-0.4, -0.2) is 23.8 Å². The zero-order valence-electron chi connectivity index (χ0n) is 5.67. The second-order valence-electron chi connectivity index (χ2n) is 2.37. The van der Waals surface area contributed by atoms with Crippen LogP contribution < -0.4 is 5.48 Å². The number of hydroxylamine groups is 1. The molecule has 58 valence electrons. The first kappa shape index (κ1) is 7.50. The molecule has 1 fully saturated rings. The molecule has 4 heteroatoms. The van der Waals surface area contributed by atoms with Gasteiger partial charge in [-0.25, -0.2) is 5.48 Å². The molecule has 4 nitrogen and oxygen atoms in total. The third kappa shape index (κ3) is 1.97. The third-order valence-electron chi connectivity index (χ3n) is 1.56. The molecule has 1 aliphatic heterocycles. The molecule has 1 rings (SSSR count). The van der Waals surface area contributed by atoms with Gasteiger partial charge in [-0.3, -0.25) is 10.0 Å². The van der Waals surface area contributed by atoms with Crippen molar-refractivity contribution < 1.29 is 14.7 Å². The van der Waals surface area contributed by atoms with E-state index < -0.39 is 0 Å². The smallest absolute Gasteiger partial charge is 0.245 e. The van der Waals surface area contributed by atoms with Crippen molar-refractivity contribution in [3.63, 3.8) is 0 Å². The predicted molar refractivity (Wildman–Crippen MR) is 33.5 cm³/mol. The number of hydrogen-bond acceptors (Lipinski definition) is 3. The molecule has 1 heterocycles. The Labute approximate surface area is 59.1 Å². The highest BCUT2D eigenvalue weighted by atomic mass is 16.5. The highest BCUT2D eigenvalue weighted by Gasteiger charge is 2.18. The predicted octanol–water partition coefficient (Wildman–Crippen LogP) is 0.0609. The van der Waals surface area contributed by atoms with Gasteiger partial charge in [-0.2, -0.15) is 0 Å². The zero-order valence-corrected chi connectivity index (χ0v) is 5.67. The summed E-state index contributed by atoms with van der Waals surface area (Å²) in [7, 11) is 0. The summed E-state index contributed by atoms with van der Waals surface area (Å²) in [6.07, 6.45) is 2.24. The van der Waals surface area contributed by atoms with Crippen LogP contribution in [0.5, 0.6) is 0 Å². The molecule has 2 N–H and O–H groups in total. The Kier molecular flexibility index (Phi) is 2.65. The maximum absolute atomic E-state index is 10.5. The summed E-state index contributed by atoms with van der Waals surface area (Å²) in [5.41, 5.74) is 1.57. The van der Waals surface area contributed by atoms with Gasteiger partial charge in [-0.1, -0.05) is 0 Å². The molecule has 1 unspecified atom stereocenters. The molecule has 0 radical (unpaired) electrons. The molecule has 1 amide bonds. The van der Waals surface area contributed by atoms with Crippen molar-refractivity contribution in [2.24, 2.45) is 0 Å². The Balaban J connectivity index is 2.17. The standard InChI is InChI=1S/C6H11NO3/c8-6(7-9)4-5-2-1-3-10-5/h5,9H,1-4H2,(H,7,8). The summed E-state index contributed by atoms with van der Waals surface area (Å²) in [6.45, 7) is 0.739. The molecule has 0 spiro atoms. The number of carbonyl (C=O) groups excluding carboxylic acids is 1. The number of hydrogen-bond donors (Lipinski definition) is 2. The minimum atomic E-state index is -0.369. The van der Waals surface area contributed by atoms with Gasteiger partial charge in [-0.15, -0.1) is 0 Å². The van der Waals surface area contributed by atoms with Gasteiger partial charge >= 0.3 is 0 Å². The molecule has 0 aromatic heterocycles. The molecule has 0 aromatic carbocycles. The van der Waals surface area contributed by atoms with Crippen molar-refractivity contribution in [2.75, 3.05) is 6.61 Å². The first-order valence-corrected chi connectivity index (χ1v) is 3.37. The van der Waals surface area contributed by atoms with Crippen LogP contribution in [0, 0.1) is 0 Å². The number of nitrogens with one attached hydrogen (secondary N) is 1. The molecule has 0 bridgehead atoms. The maximum atomic E-state index is 10.5. The summed E-state index contributed by atoms with van der Waals surface area (Å²) in [4.78, 5) is 10.5. The van der Waals surface area contributed by atoms with E-state index in [1.165, 1.54) is 0 Å². The van der Waals surface area contributed by atoms with Crippen LogP contribution in [0.4, 0.5) is 0 Å². The molecule has 1 atom stereocenters. The van der Waals surface area contributed by atoms with Crippen molar-refractivity contribution in [1.29, 1.82) is 0 Å². The van der Waals surface area contributed by atoms with Gasteiger partial charge in [0.05, 0.1) is 12.5 Å². The van der Waals surface area contributed by atoms with E-state index in [4.69, 9.17) is 9.94 Å². The van der Waals surface area contributed by atoms with Gasteiger partial charge in [-0.05, 0) is 12.8 Å². The number of rotatable bonds is 2. The van der Waals surface area contributed by atoms with Gasteiger partial charge in [0.2, 0.25) is 5.91 Å². The van der Waals surface area contributed by atoms with Crippen molar-refractivity contribution in [3.8, 4) is 0 Å². The van der Waals surface area contributed by atoms with E-state index in [-0.39, 0.29) is 18.4 Å². The van der Waals surface area contributed by atoms with E-state index in [1.54, 1.807) is 5.48 Å². The van der Waals surface area contributed by atoms with Gasteiger partial charge in [0, 0.05) is 6.61 Å². The second kappa shape index (κ2) is 3.53. The normalized spacial score (nSPS) is 24.7. The third-order valence-corrected chi connectivity index (χ3v) is 1.56.